The summed E-state index contributed by atoms with van der Waals surface area (Å²) in [5.74, 6) is -6.88. The first-order valence-corrected chi connectivity index (χ1v) is 31.8. The number of fused-ring (bicyclic) bond motifs is 1. The maximum absolute atomic E-state index is 15.4. The van der Waals surface area contributed by atoms with E-state index in [1.807, 2.05) is 117 Å². The largest absolute Gasteiger partial charge is 0.468 e. The van der Waals surface area contributed by atoms with Crippen molar-refractivity contribution in [2.24, 2.45) is 28.7 Å². The van der Waals surface area contributed by atoms with Crippen molar-refractivity contribution in [1.82, 2.24) is 0 Å². The van der Waals surface area contributed by atoms with Gasteiger partial charge in [0.25, 0.3) is 5.90 Å². The lowest BCUT2D eigenvalue weighted by Gasteiger charge is -2.51. The van der Waals surface area contributed by atoms with Crippen LogP contribution in [0.1, 0.15) is 75.5 Å². The second-order valence-electron chi connectivity index (χ2n) is 24.0. The molecule has 8 aromatic rings. The Labute approximate surface area is 550 Å². The van der Waals surface area contributed by atoms with Crippen LogP contribution in [0.2, 0.25) is 0 Å². The third-order valence-electron chi connectivity index (χ3n) is 17.3. The van der Waals surface area contributed by atoms with Crippen LogP contribution in [0.25, 0.3) is 10.8 Å². The summed E-state index contributed by atoms with van der Waals surface area (Å²) in [6, 6.07) is 65.2. The highest BCUT2D eigenvalue weighted by Gasteiger charge is 2.56. The quantitative estimate of drug-likeness (QED) is 0.0242. The van der Waals surface area contributed by atoms with Crippen LogP contribution in [0.15, 0.2) is 229 Å². The molecule has 95 heavy (non-hydrogen) atoms. The highest BCUT2D eigenvalue weighted by atomic mass is 19.4. The van der Waals surface area contributed by atoms with E-state index in [-0.39, 0.29) is 62.0 Å². The number of alkyl halides is 3. The zero-order valence-corrected chi connectivity index (χ0v) is 53.0. The summed E-state index contributed by atoms with van der Waals surface area (Å²) >= 11 is 0. The molecule has 11 rings (SSSR count). The highest BCUT2D eigenvalue weighted by Crippen LogP contribution is 2.42. The van der Waals surface area contributed by atoms with Gasteiger partial charge in [-0.05, 0) is 82.1 Å². The molecule has 3 aliphatic rings. The third kappa shape index (κ3) is 17.6. The minimum atomic E-state index is -5.20. The predicted molar refractivity (Wildman–Crippen MR) is 346 cm³/mol. The lowest BCUT2D eigenvalue weighted by Crippen LogP contribution is -2.63. The van der Waals surface area contributed by atoms with Crippen molar-refractivity contribution in [2.45, 2.75) is 121 Å². The van der Waals surface area contributed by atoms with Gasteiger partial charge >= 0.3 is 24.1 Å². The van der Waals surface area contributed by atoms with Gasteiger partial charge in [0.1, 0.15) is 18.8 Å². The van der Waals surface area contributed by atoms with Crippen LogP contribution < -0.4 is 0 Å². The fourth-order valence-corrected chi connectivity index (χ4v) is 12.0. The van der Waals surface area contributed by atoms with Crippen molar-refractivity contribution >= 4 is 40.3 Å². The molecule has 3 saturated heterocycles. The monoisotopic (exact) mass is 1300 g/mol. The van der Waals surface area contributed by atoms with Gasteiger partial charge in [0.15, 0.2) is 24.8 Å². The number of benzene rings is 8. The Morgan fingerprint density at radius 2 is 0.832 bits per heavy atom. The molecule has 0 aromatic heterocycles. The minimum Gasteiger partial charge on any atom is -0.459 e. The Bertz CT molecular complexity index is 3760. The zero-order chi connectivity index (χ0) is 66.3. The summed E-state index contributed by atoms with van der Waals surface area (Å²) in [7, 11) is 0. The van der Waals surface area contributed by atoms with E-state index >= 15 is 13.2 Å². The molecule has 496 valence electrons. The summed E-state index contributed by atoms with van der Waals surface area (Å²) in [5, 5.41) is 2.05. The summed E-state index contributed by atoms with van der Waals surface area (Å²) in [4.78, 5) is 46.7. The Balaban J connectivity index is 0.975. The van der Waals surface area contributed by atoms with E-state index in [1.165, 1.54) is 36.4 Å². The lowest BCUT2D eigenvalue weighted by atomic mass is 9.84. The second kappa shape index (κ2) is 32.2. The van der Waals surface area contributed by atoms with Gasteiger partial charge in [0, 0.05) is 23.7 Å². The van der Waals surface area contributed by atoms with Crippen LogP contribution in [-0.2, 0) is 76.7 Å². The van der Waals surface area contributed by atoms with Crippen molar-refractivity contribution in [3.05, 3.63) is 258 Å². The summed E-state index contributed by atoms with van der Waals surface area (Å²) in [6.07, 6.45) is -19.3. The molecule has 16 nitrogen and oxygen atoms in total. The number of rotatable bonds is 24. The van der Waals surface area contributed by atoms with Gasteiger partial charge in [-0.3, -0.25) is 0 Å². The molecule has 19 heteroatoms. The average Bonchev–Trinajstić information content (AvgIpc) is 0.781. The van der Waals surface area contributed by atoms with Gasteiger partial charge in [0.2, 0.25) is 6.29 Å². The van der Waals surface area contributed by atoms with E-state index in [1.54, 1.807) is 98.8 Å². The van der Waals surface area contributed by atoms with Crippen LogP contribution in [0, 0.1) is 23.7 Å². The second-order valence-corrected chi connectivity index (χ2v) is 24.0. The molecule has 0 radical (unpaired) electrons. The van der Waals surface area contributed by atoms with E-state index in [2.05, 4.69) is 4.99 Å². The maximum Gasteiger partial charge on any atom is 0.468 e. The van der Waals surface area contributed by atoms with E-state index in [4.69, 9.17) is 56.8 Å². The number of carbonyl (C=O) groups excluding carboxylic acids is 3. The molecule has 3 fully saturated rings. The standard InChI is InChI=1S/C76H76F3NO15/c1-48-63(47-87-69(81)56-30-15-7-16-31-56)88-72(94-66-50(3)62(46-85-43-53-27-13-6-14-28-53)90-74(68(66)92-71(83)58-34-19-9-20-35-58)95-75(76(77,78)79)80-60-37-21-10-22-38-60)51(4)64(48)93-73-67(91-70(82)57-32-17-8-18-33-57)65(86-44-54-39-40-55-29-23-24-36-59(55)41-54)49(2)61(89-73)45-84-42-52-25-11-5-12-26-52/h5-41,48-51,61-68,72-74H,42-47H2,1-4H3/t48?,49-,50-,51?,61?,62?,63?,64?,65-,66-,67?,68?,72?,73-,74?/m0/s1. The van der Waals surface area contributed by atoms with Crippen molar-refractivity contribution in [3.8, 4) is 0 Å². The first kappa shape index (κ1) is 67.8. The Morgan fingerprint density at radius 3 is 1.38 bits per heavy atom. The molecule has 0 bridgehead atoms. The average molecular weight is 1300 g/mol. The summed E-state index contributed by atoms with van der Waals surface area (Å²) < 4.78 is 126. The van der Waals surface area contributed by atoms with Gasteiger partial charge < -0.3 is 56.8 Å². The smallest absolute Gasteiger partial charge is 0.459 e. The number of halogens is 3. The number of para-hydroxylation sites is 1. The first-order valence-electron chi connectivity index (χ1n) is 31.8. The number of esters is 3. The molecule has 0 amide bonds. The van der Waals surface area contributed by atoms with E-state index in [0.717, 1.165) is 27.5 Å². The van der Waals surface area contributed by atoms with Crippen molar-refractivity contribution in [3.63, 3.8) is 0 Å². The number of hydrogen-bond donors (Lipinski definition) is 0. The molecule has 0 saturated carbocycles. The Morgan fingerprint density at radius 1 is 0.400 bits per heavy atom. The van der Waals surface area contributed by atoms with Crippen LogP contribution in [0.3, 0.4) is 0 Å². The minimum absolute atomic E-state index is 0.0596. The van der Waals surface area contributed by atoms with Crippen molar-refractivity contribution in [2.75, 3.05) is 19.8 Å². The molecular formula is C76H76F3NO15. The van der Waals surface area contributed by atoms with Crippen LogP contribution >= 0.6 is 0 Å². The van der Waals surface area contributed by atoms with Crippen LogP contribution in [0.4, 0.5) is 18.9 Å². The first-order chi connectivity index (χ1) is 46.1. The molecule has 15 atom stereocenters. The van der Waals surface area contributed by atoms with Gasteiger partial charge in [0.05, 0.1) is 79.8 Å². The maximum atomic E-state index is 15.4. The van der Waals surface area contributed by atoms with E-state index in [9.17, 15) is 14.4 Å². The topological polar surface area (TPSA) is 174 Å². The van der Waals surface area contributed by atoms with Crippen molar-refractivity contribution in [1.29, 1.82) is 0 Å². The van der Waals surface area contributed by atoms with E-state index in [0.29, 0.717) is 0 Å². The SMILES string of the molecule is CC1C(COC(=O)c2ccccc2)OC(O[C@@H]2C(OC(=O)c3ccccc3)C(OC(=Nc3ccccc3)C(F)(F)F)OC(COCc3ccccc3)[C@@H]2C)C(C)C1O[C@@H]1OC(COCc2ccccc2)[C@H](C)[C@H](OCc2ccc3ccccc3c2)C1OC(=O)c1ccccc1. The molecule has 3 heterocycles. The predicted octanol–water partition coefficient (Wildman–Crippen LogP) is 14.3. The lowest BCUT2D eigenvalue weighted by molar-refractivity contribution is -0.360. The number of hydrogen-bond acceptors (Lipinski definition) is 16. The molecule has 0 N–H and O–H groups in total. The summed E-state index contributed by atoms with van der Waals surface area (Å²) in [6.45, 7) is 7.27. The molecular weight excluding hydrogens is 1220 g/mol. The molecule has 10 unspecified atom stereocenters. The van der Waals surface area contributed by atoms with Gasteiger partial charge in [-0.2, -0.15) is 13.2 Å². The zero-order valence-electron chi connectivity index (χ0n) is 53.0. The number of ether oxygens (including phenoxy) is 12. The summed E-state index contributed by atoms with van der Waals surface area (Å²) in [5.41, 5.74) is 3.11. The fourth-order valence-electron chi connectivity index (χ4n) is 12.0. The van der Waals surface area contributed by atoms with Crippen molar-refractivity contribution < 1.29 is 84.4 Å². The van der Waals surface area contributed by atoms with Gasteiger partial charge in [-0.15, -0.1) is 0 Å². The third-order valence-corrected chi connectivity index (χ3v) is 17.3. The number of aliphatic imine (C=N–C) groups is 1. The molecule has 3 aliphatic heterocycles. The normalized spacial score (nSPS) is 26.3. The van der Waals surface area contributed by atoms with Crippen LogP contribution in [-0.4, -0.2) is 118 Å². The molecule has 8 aromatic carbocycles. The Kier molecular flexibility index (Phi) is 23.0. The van der Waals surface area contributed by atoms with Gasteiger partial charge in [-0.25, -0.2) is 19.4 Å². The van der Waals surface area contributed by atoms with Crippen LogP contribution in [0.5, 0.6) is 0 Å². The molecule has 0 spiro atoms. The molecule has 0 aliphatic carbocycles. The fraction of sp³-hybridized carbons (Fsp3) is 0.342. The Hall–Kier alpha value is -8.63. The number of carbonyl (C=O) groups is 3. The highest BCUT2D eigenvalue weighted by molar-refractivity contribution is 5.91. The van der Waals surface area contributed by atoms with E-state index < -0.39 is 121 Å². The number of nitrogens with zero attached hydrogens (tertiary/aromatic N) is 1. The van der Waals surface area contributed by atoms with Gasteiger partial charge in [-0.1, -0.05) is 198 Å².